The number of phenols is 1. The molecule has 0 atom stereocenters. The molecule has 1 saturated heterocycles. The van der Waals surface area contributed by atoms with Gasteiger partial charge in [-0.05, 0) is 37.8 Å². The number of nitrogens with one attached hydrogen (secondary N) is 2. The molecular formula is C16H19Cl2N3O3. The van der Waals surface area contributed by atoms with Crippen molar-refractivity contribution in [2.75, 3.05) is 13.1 Å². The molecule has 8 heteroatoms. The number of phenolic OH excluding ortho intramolecular Hbond substituents is 1. The number of halogens is 2. The second kappa shape index (κ2) is 7.07. The van der Waals surface area contributed by atoms with E-state index < -0.39 is 5.91 Å². The second-order valence-electron chi connectivity index (χ2n) is 6.24. The van der Waals surface area contributed by atoms with Crippen LogP contribution < -0.4 is 10.6 Å². The van der Waals surface area contributed by atoms with E-state index in [9.17, 15) is 14.7 Å². The van der Waals surface area contributed by atoms with E-state index in [1.165, 1.54) is 12.1 Å². The van der Waals surface area contributed by atoms with Gasteiger partial charge in [0.25, 0.3) is 5.91 Å². The van der Waals surface area contributed by atoms with Gasteiger partial charge in [0.2, 0.25) is 0 Å². The van der Waals surface area contributed by atoms with Gasteiger partial charge >= 0.3 is 6.03 Å². The number of urea groups is 1. The minimum atomic E-state index is -0.419. The van der Waals surface area contributed by atoms with Crippen molar-refractivity contribution < 1.29 is 14.7 Å². The quantitative estimate of drug-likeness (QED) is 0.763. The molecule has 130 valence electrons. The monoisotopic (exact) mass is 371 g/mol. The Kier molecular flexibility index (Phi) is 5.06. The molecule has 0 bridgehead atoms. The first-order valence-corrected chi connectivity index (χ1v) is 8.74. The van der Waals surface area contributed by atoms with Crippen molar-refractivity contribution in [3.05, 3.63) is 27.7 Å². The maximum atomic E-state index is 12.3. The van der Waals surface area contributed by atoms with E-state index in [4.69, 9.17) is 23.2 Å². The Bertz CT molecular complexity index is 656. The fraction of sp³-hybridized carbons (Fsp3) is 0.500. The van der Waals surface area contributed by atoms with Gasteiger partial charge in [0, 0.05) is 30.2 Å². The van der Waals surface area contributed by atoms with Crippen LogP contribution in [0.4, 0.5) is 4.79 Å². The normalized spacial score (nSPS) is 18.3. The number of nitrogens with zero attached hydrogens (tertiary/aromatic N) is 1. The lowest BCUT2D eigenvalue weighted by molar-refractivity contribution is 0.0915. The zero-order chi connectivity index (χ0) is 17.3. The maximum Gasteiger partial charge on any atom is 0.317 e. The van der Waals surface area contributed by atoms with E-state index in [1.54, 1.807) is 4.90 Å². The maximum absolute atomic E-state index is 12.3. The molecule has 1 aliphatic carbocycles. The van der Waals surface area contributed by atoms with Gasteiger partial charge in [-0.3, -0.25) is 4.79 Å². The van der Waals surface area contributed by atoms with Crippen LogP contribution in [-0.2, 0) is 0 Å². The summed E-state index contributed by atoms with van der Waals surface area (Å²) in [5, 5.41) is 16.1. The first-order valence-electron chi connectivity index (χ1n) is 7.98. The van der Waals surface area contributed by atoms with E-state index in [-0.39, 0.29) is 33.4 Å². The van der Waals surface area contributed by atoms with Gasteiger partial charge in [-0.25, -0.2) is 4.79 Å². The third kappa shape index (κ3) is 4.05. The molecule has 1 aromatic rings. The predicted molar refractivity (Wildman–Crippen MR) is 91.7 cm³/mol. The smallest absolute Gasteiger partial charge is 0.317 e. The lowest BCUT2D eigenvalue weighted by Gasteiger charge is -2.32. The van der Waals surface area contributed by atoms with Crippen LogP contribution in [0.3, 0.4) is 0 Å². The number of likely N-dealkylation sites (tertiary alicyclic amines) is 1. The molecule has 1 saturated carbocycles. The lowest BCUT2D eigenvalue weighted by atomic mass is 10.0. The first-order chi connectivity index (χ1) is 11.4. The third-order valence-corrected chi connectivity index (χ3v) is 4.80. The number of carbonyl (C=O) groups is 2. The Morgan fingerprint density at radius 3 is 2.29 bits per heavy atom. The van der Waals surface area contributed by atoms with Gasteiger partial charge in [-0.15, -0.1) is 0 Å². The van der Waals surface area contributed by atoms with Crippen LogP contribution >= 0.6 is 23.2 Å². The standard InChI is InChI=1S/C16H19Cl2N3O3/c17-9-7-12(14(22)13(18)8-9)15(23)19-11-3-5-21(6-4-11)16(24)20-10-1-2-10/h7-8,10-11,22H,1-6H2,(H,19,23)(H,20,24). The highest BCUT2D eigenvalue weighted by Crippen LogP contribution is 2.31. The number of amides is 3. The number of aromatic hydroxyl groups is 1. The molecule has 0 spiro atoms. The van der Waals surface area contributed by atoms with Crippen molar-refractivity contribution in [1.29, 1.82) is 0 Å². The Hall–Kier alpha value is -1.66. The van der Waals surface area contributed by atoms with E-state index in [1.807, 2.05) is 0 Å². The number of hydrogen-bond acceptors (Lipinski definition) is 3. The molecule has 6 nitrogen and oxygen atoms in total. The van der Waals surface area contributed by atoms with E-state index in [2.05, 4.69) is 10.6 Å². The van der Waals surface area contributed by atoms with E-state index in [0.29, 0.717) is 32.0 Å². The summed E-state index contributed by atoms with van der Waals surface area (Å²) in [6.45, 7) is 1.18. The van der Waals surface area contributed by atoms with Crippen molar-refractivity contribution in [2.24, 2.45) is 0 Å². The highest BCUT2D eigenvalue weighted by atomic mass is 35.5. The zero-order valence-corrected chi connectivity index (χ0v) is 14.5. The summed E-state index contributed by atoms with van der Waals surface area (Å²) in [7, 11) is 0. The summed E-state index contributed by atoms with van der Waals surface area (Å²) < 4.78 is 0. The highest BCUT2D eigenvalue weighted by molar-refractivity contribution is 6.36. The Labute approximate surface area is 150 Å². The average molecular weight is 372 g/mol. The summed E-state index contributed by atoms with van der Waals surface area (Å²) in [5.74, 6) is -0.697. The molecule has 3 rings (SSSR count). The van der Waals surface area contributed by atoms with Crippen LogP contribution in [0.25, 0.3) is 0 Å². The molecule has 1 aromatic carbocycles. The van der Waals surface area contributed by atoms with Crippen molar-refractivity contribution in [2.45, 2.75) is 37.8 Å². The number of carbonyl (C=O) groups excluding carboxylic acids is 2. The van der Waals surface area contributed by atoms with Crippen LogP contribution in [-0.4, -0.2) is 47.1 Å². The summed E-state index contributed by atoms with van der Waals surface area (Å²) in [4.78, 5) is 26.1. The lowest BCUT2D eigenvalue weighted by Crippen LogP contribution is -2.49. The first kappa shape index (κ1) is 17.2. The number of rotatable bonds is 3. The number of benzene rings is 1. The molecule has 1 aliphatic heterocycles. The molecule has 3 amide bonds. The van der Waals surface area contributed by atoms with Crippen molar-refractivity contribution >= 4 is 35.1 Å². The Morgan fingerprint density at radius 1 is 1.04 bits per heavy atom. The predicted octanol–water partition coefficient (Wildman–Crippen LogP) is 2.77. The number of piperidine rings is 1. The summed E-state index contributed by atoms with van der Waals surface area (Å²) in [6.07, 6.45) is 3.45. The summed E-state index contributed by atoms with van der Waals surface area (Å²) >= 11 is 11.7. The molecular weight excluding hydrogens is 353 g/mol. The fourth-order valence-electron chi connectivity index (χ4n) is 2.72. The third-order valence-electron chi connectivity index (χ3n) is 4.30. The van der Waals surface area contributed by atoms with Crippen molar-refractivity contribution in [1.82, 2.24) is 15.5 Å². The molecule has 1 heterocycles. The largest absolute Gasteiger partial charge is 0.506 e. The van der Waals surface area contributed by atoms with Crippen LogP contribution in [0.15, 0.2) is 12.1 Å². The fourth-order valence-corrected chi connectivity index (χ4v) is 3.22. The molecule has 2 aliphatic rings. The molecule has 0 aromatic heterocycles. The molecule has 24 heavy (non-hydrogen) atoms. The molecule has 0 radical (unpaired) electrons. The molecule has 0 unspecified atom stereocenters. The van der Waals surface area contributed by atoms with Crippen LogP contribution in [0.5, 0.6) is 5.75 Å². The van der Waals surface area contributed by atoms with Gasteiger partial charge in [-0.1, -0.05) is 23.2 Å². The number of hydrogen-bond donors (Lipinski definition) is 3. The SMILES string of the molecule is O=C(NC1CCN(C(=O)NC2CC2)CC1)c1cc(Cl)cc(Cl)c1O. The summed E-state index contributed by atoms with van der Waals surface area (Å²) in [5.41, 5.74) is 0.0569. The van der Waals surface area contributed by atoms with Gasteiger partial charge in [0.1, 0.15) is 5.75 Å². The topological polar surface area (TPSA) is 81.7 Å². The van der Waals surface area contributed by atoms with Crippen LogP contribution in [0, 0.1) is 0 Å². The van der Waals surface area contributed by atoms with Gasteiger partial charge in [-0.2, -0.15) is 0 Å². The Balaban J connectivity index is 1.54. The minimum absolute atomic E-state index is 0.0263. The molecule has 3 N–H and O–H groups in total. The van der Waals surface area contributed by atoms with Gasteiger partial charge in [0.15, 0.2) is 0 Å². The van der Waals surface area contributed by atoms with Gasteiger partial charge < -0.3 is 20.6 Å². The van der Waals surface area contributed by atoms with E-state index in [0.717, 1.165) is 12.8 Å². The zero-order valence-electron chi connectivity index (χ0n) is 13.0. The minimum Gasteiger partial charge on any atom is -0.506 e. The van der Waals surface area contributed by atoms with E-state index >= 15 is 0 Å². The highest BCUT2D eigenvalue weighted by Gasteiger charge is 2.29. The van der Waals surface area contributed by atoms with Crippen molar-refractivity contribution in [3.63, 3.8) is 0 Å². The Morgan fingerprint density at radius 2 is 1.67 bits per heavy atom. The average Bonchev–Trinajstić information content (AvgIpc) is 3.35. The second-order valence-corrected chi connectivity index (χ2v) is 7.09. The molecule has 2 fully saturated rings. The summed E-state index contributed by atoms with van der Waals surface area (Å²) in [6, 6.07) is 3.02. The van der Waals surface area contributed by atoms with Crippen LogP contribution in [0.1, 0.15) is 36.0 Å². The van der Waals surface area contributed by atoms with Crippen molar-refractivity contribution in [3.8, 4) is 5.75 Å². The van der Waals surface area contributed by atoms with Gasteiger partial charge in [0.05, 0.1) is 10.6 Å². The van der Waals surface area contributed by atoms with Crippen LogP contribution in [0.2, 0.25) is 10.0 Å².